The minimum absolute atomic E-state index is 0.0543. The molecule has 0 spiro atoms. The van der Waals surface area contributed by atoms with Crippen molar-refractivity contribution in [1.82, 2.24) is 4.90 Å². The molecule has 0 bridgehead atoms. The summed E-state index contributed by atoms with van der Waals surface area (Å²) in [6.45, 7) is 0.730. The van der Waals surface area contributed by atoms with Crippen LogP contribution in [0.3, 0.4) is 0 Å². The van der Waals surface area contributed by atoms with Crippen LogP contribution >= 0.6 is 0 Å². The lowest BCUT2D eigenvalue weighted by Gasteiger charge is -2.24. The fourth-order valence-corrected chi connectivity index (χ4v) is 3.41. The number of benzene rings is 1. The van der Waals surface area contributed by atoms with E-state index in [4.69, 9.17) is 5.11 Å². The monoisotopic (exact) mass is 344 g/mol. The predicted molar refractivity (Wildman–Crippen MR) is 93.2 cm³/mol. The third-order valence-electron chi connectivity index (χ3n) is 4.99. The lowest BCUT2D eigenvalue weighted by molar-refractivity contribution is -0.138. The van der Waals surface area contributed by atoms with Crippen molar-refractivity contribution in [1.29, 1.82) is 0 Å². The molecule has 2 atom stereocenters. The molecule has 6 heteroatoms. The summed E-state index contributed by atoms with van der Waals surface area (Å²) in [5, 5.41) is 11.8. The van der Waals surface area contributed by atoms with Crippen molar-refractivity contribution in [3.8, 4) is 0 Å². The number of likely N-dealkylation sites (tertiary alicyclic amines) is 1. The summed E-state index contributed by atoms with van der Waals surface area (Å²) < 4.78 is 0. The maximum Gasteiger partial charge on any atom is 0.307 e. The molecule has 1 aromatic rings. The molecule has 25 heavy (non-hydrogen) atoms. The van der Waals surface area contributed by atoms with Gasteiger partial charge in [-0.1, -0.05) is 25.0 Å². The molecule has 1 saturated carbocycles. The van der Waals surface area contributed by atoms with Gasteiger partial charge in [0.05, 0.1) is 12.5 Å². The van der Waals surface area contributed by atoms with Crippen molar-refractivity contribution < 1.29 is 19.5 Å². The Morgan fingerprint density at radius 2 is 1.84 bits per heavy atom. The van der Waals surface area contributed by atoms with Gasteiger partial charge in [0.2, 0.25) is 11.8 Å². The number of anilines is 1. The molecule has 0 radical (unpaired) electrons. The molecule has 0 aromatic heterocycles. The van der Waals surface area contributed by atoms with Gasteiger partial charge < -0.3 is 15.3 Å². The van der Waals surface area contributed by atoms with Crippen LogP contribution in [0.4, 0.5) is 5.69 Å². The van der Waals surface area contributed by atoms with Crippen molar-refractivity contribution in [2.75, 3.05) is 18.4 Å². The summed E-state index contributed by atoms with van der Waals surface area (Å²) in [5.41, 5.74) is 1.66. The standard InChI is InChI=1S/C19H24N2O4/c22-17(12-21-10-4-2-1-3-5-18(21)23)20-14-8-6-13(7-9-14)15-11-16(15)19(24)25/h6-9,15-16H,1-5,10-12H2,(H,20,22)(H,24,25)/t15-,16+/m0/s1. The van der Waals surface area contributed by atoms with E-state index in [0.717, 1.165) is 31.2 Å². The molecule has 2 N–H and O–H groups in total. The average Bonchev–Trinajstić information content (AvgIpc) is 3.36. The summed E-state index contributed by atoms with van der Waals surface area (Å²) in [7, 11) is 0. The molecule has 0 unspecified atom stereocenters. The number of carboxylic acids is 1. The van der Waals surface area contributed by atoms with E-state index in [2.05, 4.69) is 5.32 Å². The van der Waals surface area contributed by atoms with E-state index in [0.29, 0.717) is 25.1 Å². The second-order valence-corrected chi connectivity index (χ2v) is 6.94. The molecular weight excluding hydrogens is 320 g/mol. The average molecular weight is 344 g/mol. The molecule has 6 nitrogen and oxygen atoms in total. The van der Waals surface area contributed by atoms with Crippen LogP contribution in [0, 0.1) is 5.92 Å². The van der Waals surface area contributed by atoms with E-state index in [1.54, 1.807) is 17.0 Å². The Bertz CT molecular complexity index is 656. The molecular formula is C19H24N2O4. The number of rotatable bonds is 5. The maximum atomic E-state index is 12.2. The lowest BCUT2D eigenvalue weighted by atomic mass is 10.1. The van der Waals surface area contributed by atoms with Crippen molar-refractivity contribution >= 4 is 23.5 Å². The highest BCUT2D eigenvalue weighted by atomic mass is 16.4. The Morgan fingerprint density at radius 3 is 2.52 bits per heavy atom. The zero-order valence-corrected chi connectivity index (χ0v) is 14.2. The van der Waals surface area contributed by atoms with E-state index >= 15 is 0 Å². The number of amides is 2. The number of hydrogen-bond donors (Lipinski definition) is 2. The van der Waals surface area contributed by atoms with Gasteiger partial charge in [0.15, 0.2) is 0 Å². The number of aliphatic carboxylic acids is 1. The quantitative estimate of drug-likeness (QED) is 0.859. The van der Waals surface area contributed by atoms with Crippen LogP contribution in [0.25, 0.3) is 0 Å². The van der Waals surface area contributed by atoms with Crippen molar-refractivity contribution in [3.05, 3.63) is 29.8 Å². The van der Waals surface area contributed by atoms with Crippen LogP contribution in [0.5, 0.6) is 0 Å². The summed E-state index contributed by atoms with van der Waals surface area (Å²) in [6, 6.07) is 7.31. The van der Waals surface area contributed by atoms with Crippen LogP contribution in [-0.2, 0) is 14.4 Å². The number of nitrogens with zero attached hydrogens (tertiary/aromatic N) is 1. The van der Waals surface area contributed by atoms with Crippen LogP contribution in [-0.4, -0.2) is 40.9 Å². The van der Waals surface area contributed by atoms with Gasteiger partial charge in [-0.05, 0) is 42.9 Å². The van der Waals surface area contributed by atoms with Gasteiger partial charge in [-0.2, -0.15) is 0 Å². The zero-order valence-electron chi connectivity index (χ0n) is 14.2. The van der Waals surface area contributed by atoms with E-state index in [1.165, 1.54) is 0 Å². The predicted octanol–water partition coefficient (Wildman–Crippen LogP) is 2.61. The zero-order chi connectivity index (χ0) is 17.8. The summed E-state index contributed by atoms with van der Waals surface area (Å²) in [6.07, 6.45) is 5.23. The van der Waals surface area contributed by atoms with E-state index in [9.17, 15) is 14.4 Å². The molecule has 2 fully saturated rings. The molecule has 1 aliphatic carbocycles. The molecule has 2 amide bonds. The first-order valence-corrected chi connectivity index (χ1v) is 8.95. The highest BCUT2D eigenvalue weighted by Gasteiger charge is 2.44. The summed E-state index contributed by atoms with van der Waals surface area (Å²) in [4.78, 5) is 36.9. The summed E-state index contributed by atoms with van der Waals surface area (Å²) in [5.74, 6) is -1.09. The molecule has 1 aliphatic heterocycles. The smallest absolute Gasteiger partial charge is 0.307 e. The van der Waals surface area contributed by atoms with Gasteiger partial charge in [-0.3, -0.25) is 14.4 Å². The van der Waals surface area contributed by atoms with Gasteiger partial charge in [-0.15, -0.1) is 0 Å². The molecule has 1 saturated heterocycles. The number of hydrogen-bond acceptors (Lipinski definition) is 3. The van der Waals surface area contributed by atoms with Gasteiger partial charge in [0, 0.05) is 18.7 Å². The molecule has 134 valence electrons. The van der Waals surface area contributed by atoms with Gasteiger partial charge in [0.1, 0.15) is 0 Å². The van der Waals surface area contributed by atoms with Crippen LogP contribution in [0.15, 0.2) is 24.3 Å². The Kier molecular flexibility index (Phi) is 5.36. The Labute approximate surface area is 147 Å². The van der Waals surface area contributed by atoms with E-state index in [-0.39, 0.29) is 30.2 Å². The Morgan fingerprint density at radius 1 is 1.12 bits per heavy atom. The SMILES string of the molecule is O=C(CN1CCCCCCC1=O)Nc1ccc([C@@H]2C[C@H]2C(=O)O)cc1. The van der Waals surface area contributed by atoms with E-state index in [1.807, 2.05) is 12.1 Å². The first kappa shape index (κ1) is 17.5. The Hall–Kier alpha value is -2.37. The summed E-state index contributed by atoms with van der Waals surface area (Å²) >= 11 is 0. The molecule has 3 rings (SSSR count). The highest BCUT2D eigenvalue weighted by molar-refractivity contribution is 5.94. The number of carboxylic acid groups (broad SMARTS) is 1. The van der Waals surface area contributed by atoms with Crippen LogP contribution in [0.1, 0.15) is 50.0 Å². The molecule has 2 aliphatic rings. The second kappa shape index (κ2) is 7.68. The largest absolute Gasteiger partial charge is 0.481 e. The molecule has 1 aromatic carbocycles. The highest BCUT2D eigenvalue weighted by Crippen LogP contribution is 2.47. The second-order valence-electron chi connectivity index (χ2n) is 6.94. The fourth-order valence-electron chi connectivity index (χ4n) is 3.41. The van der Waals surface area contributed by atoms with Crippen molar-refractivity contribution in [2.24, 2.45) is 5.92 Å². The Balaban J connectivity index is 1.52. The van der Waals surface area contributed by atoms with Gasteiger partial charge in [-0.25, -0.2) is 0 Å². The third kappa shape index (κ3) is 4.59. The minimum Gasteiger partial charge on any atom is -0.481 e. The maximum absolute atomic E-state index is 12.2. The topological polar surface area (TPSA) is 86.7 Å². The minimum atomic E-state index is -0.750. The first-order valence-electron chi connectivity index (χ1n) is 8.95. The lowest BCUT2D eigenvalue weighted by Crippen LogP contribution is -2.39. The third-order valence-corrected chi connectivity index (χ3v) is 4.99. The van der Waals surface area contributed by atoms with Crippen LogP contribution in [0.2, 0.25) is 0 Å². The first-order chi connectivity index (χ1) is 12.0. The van der Waals surface area contributed by atoms with Crippen molar-refractivity contribution in [3.63, 3.8) is 0 Å². The van der Waals surface area contributed by atoms with Gasteiger partial charge in [0.25, 0.3) is 0 Å². The van der Waals surface area contributed by atoms with Crippen LogP contribution < -0.4 is 5.32 Å². The number of carbonyl (C=O) groups excluding carboxylic acids is 2. The van der Waals surface area contributed by atoms with Crippen molar-refractivity contribution in [2.45, 2.75) is 44.4 Å². The number of carbonyl (C=O) groups is 3. The van der Waals surface area contributed by atoms with Gasteiger partial charge >= 0.3 is 5.97 Å². The molecule has 1 heterocycles. The normalized spacial score (nSPS) is 23.5. The van der Waals surface area contributed by atoms with E-state index < -0.39 is 5.97 Å². The fraction of sp³-hybridized carbons (Fsp3) is 0.526. The number of nitrogens with one attached hydrogen (secondary N) is 1.